The molecule has 0 aliphatic rings. The van der Waals surface area contributed by atoms with E-state index in [1.165, 1.54) is 12.1 Å². The van der Waals surface area contributed by atoms with E-state index in [1.807, 2.05) is 22.6 Å². The van der Waals surface area contributed by atoms with Crippen molar-refractivity contribution in [1.82, 2.24) is 0 Å². The van der Waals surface area contributed by atoms with Crippen molar-refractivity contribution in [2.45, 2.75) is 0 Å². The highest BCUT2D eigenvalue weighted by Crippen LogP contribution is 2.18. The Morgan fingerprint density at radius 2 is 2.18 bits per heavy atom. The number of benzene rings is 1. The molecule has 0 aromatic heterocycles. The minimum absolute atomic E-state index is 0.0482. The fourth-order valence-corrected chi connectivity index (χ4v) is 1.10. The highest BCUT2D eigenvalue weighted by Gasteiger charge is 2.01. The molecule has 0 spiro atoms. The van der Waals surface area contributed by atoms with Crippen LogP contribution in [0.25, 0.3) is 0 Å². The molecule has 0 atom stereocenters. The molecule has 1 aromatic carbocycles. The third kappa shape index (κ3) is 2.28. The van der Waals surface area contributed by atoms with E-state index < -0.39 is 12.7 Å². The van der Waals surface area contributed by atoms with E-state index in [0.717, 1.165) is 3.57 Å². The minimum Gasteiger partial charge on any atom is -0.460 e. The molecule has 0 saturated carbocycles. The van der Waals surface area contributed by atoms with Crippen LogP contribution in [0.15, 0.2) is 18.2 Å². The summed E-state index contributed by atoms with van der Waals surface area (Å²) in [5.74, 6) is -0.581. The van der Waals surface area contributed by atoms with E-state index in [-0.39, 0.29) is 5.75 Å². The van der Waals surface area contributed by atoms with Crippen LogP contribution in [0.1, 0.15) is 0 Å². The lowest BCUT2D eigenvalue weighted by atomic mass is 10.3. The SMILES string of the molecule is FCOc1ccc(I)cc1F. The summed E-state index contributed by atoms with van der Waals surface area (Å²) in [7, 11) is 0. The number of rotatable bonds is 2. The third-order valence-corrected chi connectivity index (χ3v) is 1.77. The maximum Gasteiger partial charge on any atom is 0.228 e. The topological polar surface area (TPSA) is 9.23 Å². The molecule has 0 unspecified atom stereocenters. The van der Waals surface area contributed by atoms with Crippen molar-refractivity contribution in [2.75, 3.05) is 6.86 Å². The van der Waals surface area contributed by atoms with E-state index in [2.05, 4.69) is 4.74 Å². The highest BCUT2D eigenvalue weighted by atomic mass is 127. The van der Waals surface area contributed by atoms with E-state index >= 15 is 0 Å². The average Bonchev–Trinajstić information content (AvgIpc) is 1.95. The van der Waals surface area contributed by atoms with Crippen molar-refractivity contribution in [3.05, 3.63) is 27.6 Å². The molecule has 0 fully saturated rings. The van der Waals surface area contributed by atoms with Gasteiger partial charge in [-0.1, -0.05) is 0 Å². The van der Waals surface area contributed by atoms with E-state index in [9.17, 15) is 8.78 Å². The fourth-order valence-electron chi connectivity index (χ4n) is 0.651. The van der Waals surface area contributed by atoms with Crippen molar-refractivity contribution >= 4 is 22.6 Å². The Bertz CT molecular complexity index is 252. The molecule has 0 radical (unpaired) electrons. The molecule has 11 heavy (non-hydrogen) atoms. The van der Waals surface area contributed by atoms with Crippen molar-refractivity contribution in [2.24, 2.45) is 0 Å². The van der Waals surface area contributed by atoms with Gasteiger partial charge >= 0.3 is 0 Å². The van der Waals surface area contributed by atoms with Crippen LogP contribution in [0.2, 0.25) is 0 Å². The second kappa shape index (κ2) is 3.85. The van der Waals surface area contributed by atoms with Gasteiger partial charge in [0.1, 0.15) is 0 Å². The highest BCUT2D eigenvalue weighted by molar-refractivity contribution is 14.1. The first-order valence-corrected chi connectivity index (χ1v) is 3.95. The third-order valence-electron chi connectivity index (χ3n) is 1.10. The van der Waals surface area contributed by atoms with Crippen molar-refractivity contribution in [1.29, 1.82) is 0 Å². The normalized spacial score (nSPS) is 9.73. The average molecular weight is 270 g/mol. The Morgan fingerprint density at radius 3 is 2.73 bits per heavy atom. The zero-order valence-corrected chi connectivity index (χ0v) is 7.64. The molecule has 0 heterocycles. The summed E-state index contributed by atoms with van der Waals surface area (Å²) in [5.41, 5.74) is 0. The second-order valence-electron chi connectivity index (χ2n) is 1.83. The van der Waals surface area contributed by atoms with E-state index in [0.29, 0.717) is 0 Å². The van der Waals surface area contributed by atoms with Gasteiger partial charge in [-0.2, -0.15) is 0 Å². The molecule has 60 valence electrons. The van der Waals surface area contributed by atoms with Crippen LogP contribution in [0.5, 0.6) is 5.75 Å². The van der Waals surface area contributed by atoms with Gasteiger partial charge in [0.05, 0.1) is 0 Å². The van der Waals surface area contributed by atoms with Gasteiger partial charge < -0.3 is 4.74 Å². The Labute approximate surface area is 76.5 Å². The first kappa shape index (κ1) is 8.70. The molecule has 0 bridgehead atoms. The monoisotopic (exact) mass is 270 g/mol. The van der Waals surface area contributed by atoms with Gasteiger partial charge in [0.15, 0.2) is 11.6 Å². The van der Waals surface area contributed by atoms with Crippen LogP contribution in [0.4, 0.5) is 8.78 Å². The predicted octanol–water partition coefficient (Wildman–Crippen LogP) is 2.74. The molecule has 0 saturated heterocycles. The molecule has 4 heteroatoms. The van der Waals surface area contributed by atoms with Crippen LogP contribution in [0.3, 0.4) is 0 Å². The Balaban J connectivity index is 2.90. The zero-order valence-electron chi connectivity index (χ0n) is 5.48. The van der Waals surface area contributed by atoms with Gasteiger partial charge in [0.25, 0.3) is 0 Å². The fraction of sp³-hybridized carbons (Fsp3) is 0.143. The molecule has 1 rings (SSSR count). The summed E-state index contributed by atoms with van der Waals surface area (Å²) < 4.78 is 29.4. The molecule has 0 aliphatic carbocycles. The lowest BCUT2D eigenvalue weighted by Crippen LogP contribution is -1.93. The lowest BCUT2D eigenvalue weighted by Gasteiger charge is -2.01. The van der Waals surface area contributed by atoms with Crippen LogP contribution >= 0.6 is 22.6 Å². The summed E-state index contributed by atoms with van der Waals surface area (Å²) >= 11 is 1.96. The quantitative estimate of drug-likeness (QED) is 0.751. The largest absolute Gasteiger partial charge is 0.460 e. The van der Waals surface area contributed by atoms with Crippen molar-refractivity contribution in [3.8, 4) is 5.75 Å². The van der Waals surface area contributed by atoms with Gasteiger partial charge in [-0.05, 0) is 40.8 Å². The number of halogens is 3. The van der Waals surface area contributed by atoms with Crippen LogP contribution < -0.4 is 4.74 Å². The van der Waals surface area contributed by atoms with E-state index in [1.54, 1.807) is 6.07 Å². The Hall–Kier alpha value is -0.390. The van der Waals surface area contributed by atoms with Crippen LogP contribution in [-0.4, -0.2) is 6.86 Å². The number of alkyl halides is 1. The number of ether oxygens (including phenoxy) is 1. The second-order valence-corrected chi connectivity index (χ2v) is 3.07. The molecular weight excluding hydrogens is 265 g/mol. The number of hydrogen-bond donors (Lipinski definition) is 0. The van der Waals surface area contributed by atoms with Gasteiger partial charge in [-0.3, -0.25) is 0 Å². The Kier molecular flexibility index (Phi) is 3.04. The molecule has 1 aromatic rings. The Morgan fingerprint density at radius 1 is 1.45 bits per heavy atom. The number of hydrogen-bond acceptors (Lipinski definition) is 1. The predicted molar refractivity (Wildman–Crippen MR) is 45.7 cm³/mol. The first-order valence-electron chi connectivity index (χ1n) is 2.88. The van der Waals surface area contributed by atoms with Gasteiger partial charge in [0.2, 0.25) is 6.86 Å². The standard InChI is InChI=1S/C7H5F2IO/c8-4-11-7-2-1-5(10)3-6(7)9/h1-3H,4H2. The summed E-state index contributed by atoms with van der Waals surface area (Å²) in [5, 5.41) is 0. The van der Waals surface area contributed by atoms with Crippen LogP contribution in [0, 0.1) is 9.39 Å². The summed E-state index contributed by atoms with van der Waals surface area (Å²) in [6.45, 7) is -1.00. The molecule has 0 amide bonds. The van der Waals surface area contributed by atoms with Crippen molar-refractivity contribution < 1.29 is 13.5 Å². The lowest BCUT2D eigenvalue weighted by molar-refractivity contribution is 0.184. The van der Waals surface area contributed by atoms with Crippen molar-refractivity contribution in [3.63, 3.8) is 0 Å². The van der Waals surface area contributed by atoms with E-state index in [4.69, 9.17) is 0 Å². The maximum atomic E-state index is 12.7. The van der Waals surface area contributed by atoms with Gasteiger partial charge in [-0.25, -0.2) is 8.78 Å². The summed E-state index contributed by atoms with van der Waals surface area (Å²) in [6.07, 6.45) is 0. The smallest absolute Gasteiger partial charge is 0.228 e. The summed E-state index contributed by atoms with van der Waals surface area (Å²) in [4.78, 5) is 0. The molecule has 0 N–H and O–H groups in total. The van der Waals surface area contributed by atoms with Gasteiger partial charge in [0, 0.05) is 3.57 Å². The van der Waals surface area contributed by atoms with Gasteiger partial charge in [-0.15, -0.1) is 0 Å². The first-order chi connectivity index (χ1) is 5.24. The summed E-state index contributed by atoms with van der Waals surface area (Å²) in [6, 6.07) is 4.33. The molecular formula is C7H5F2IO. The van der Waals surface area contributed by atoms with Crippen LogP contribution in [-0.2, 0) is 0 Å². The minimum atomic E-state index is -1.00. The zero-order chi connectivity index (χ0) is 8.27. The maximum absolute atomic E-state index is 12.7. The molecule has 0 aliphatic heterocycles. The molecule has 1 nitrogen and oxygen atoms in total.